The van der Waals surface area contributed by atoms with Crippen molar-refractivity contribution in [1.82, 2.24) is 4.90 Å². The maximum absolute atomic E-state index is 13.6. The topological polar surface area (TPSA) is 114 Å². The van der Waals surface area contributed by atoms with Crippen molar-refractivity contribution >= 4 is 69.3 Å². The first-order valence-electron chi connectivity index (χ1n) is 14.3. The van der Waals surface area contributed by atoms with E-state index in [1.165, 1.54) is 23.1 Å². The van der Waals surface area contributed by atoms with Gasteiger partial charge in [0.1, 0.15) is 10.6 Å². The van der Waals surface area contributed by atoms with Crippen molar-refractivity contribution in [2.75, 3.05) is 23.8 Å². The van der Waals surface area contributed by atoms with Gasteiger partial charge in [-0.1, -0.05) is 30.7 Å². The number of carbonyl (C=O) groups excluding carboxylic acids is 4. The van der Waals surface area contributed by atoms with Crippen LogP contribution in [-0.2, 0) is 27.2 Å². The van der Waals surface area contributed by atoms with Crippen LogP contribution in [0.2, 0.25) is 5.02 Å². The molecule has 0 saturated heterocycles. The first kappa shape index (κ1) is 33.4. The van der Waals surface area contributed by atoms with Crippen molar-refractivity contribution in [2.24, 2.45) is 0 Å². The first-order chi connectivity index (χ1) is 20.9. The highest BCUT2D eigenvalue weighted by atomic mass is 35.5. The van der Waals surface area contributed by atoms with Crippen LogP contribution in [0.25, 0.3) is 0 Å². The highest BCUT2D eigenvalue weighted by molar-refractivity contribution is 8.00. The number of esters is 1. The highest BCUT2D eigenvalue weighted by Crippen LogP contribution is 2.39. The normalized spacial score (nSPS) is 13.5. The molecule has 1 atom stereocenters. The van der Waals surface area contributed by atoms with E-state index in [1.807, 2.05) is 45.9 Å². The average Bonchev–Trinajstić information content (AvgIpc) is 3.32. The molecule has 0 aliphatic carbocycles. The molecule has 1 aromatic heterocycles. The second-order valence-corrected chi connectivity index (χ2v) is 13.9. The molecule has 234 valence electrons. The molecule has 1 unspecified atom stereocenters. The van der Waals surface area contributed by atoms with Crippen LogP contribution in [0.3, 0.4) is 0 Å². The summed E-state index contributed by atoms with van der Waals surface area (Å²) in [5.74, 6) is -1.06. The molecule has 4 rings (SSSR count). The van der Waals surface area contributed by atoms with Crippen LogP contribution in [0.1, 0.15) is 72.2 Å². The SMILES string of the molecule is CCOC(=O)c1c(NC(=O)C(CC)Sc2cccc(NC(=O)c3cccc(Cl)c3)c2)sc2c1CCN(C(=O)OC(C)(C)C)C2. The van der Waals surface area contributed by atoms with E-state index in [9.17, 15) is 19.2 Å². The van der Waals surface area contributed by atoms with E-state index >= 15 is 0 Å². The summed E-state index contributed by atoms with van der Waals surface area (Å²) in [5, 5.41) is 6.24. The zero-order valence-corrected chi connectivity index (χ0v) is 27.7. The fourth-order valence-electron chi connectivity index (χ4n) is 4.55. The molecule has 3 aromatic rings. The molecule has 1 aliphatic heterocycles. The summed E-state index contributed by atoms with van der Waals surface area (Å²) < 4.78 is 10.9. The van der Waals surface area contributed by atoms with Crippen molar-refractivity contribution in [3.63, 3.8) is 0 Å². The first-order valence-corrected chi connectivity index (χ1v) is 16.4. The lowest BCUT2D eigenvalue weighted by Gasteiger charge is -2.30. The number of hydrogen-bond donors (Lipinski definition) is 2. The van der Waals surface area contributed by atoms with Gasteiger partial charge in [-0.3, -0.25) is 9.59 Å². The van der Waals surface area contributed by atoms with Crippen LogP contribution in [-0.4, -0.2) is 52.8 Å². The number of amides is 3. The lowest BCUT2D eigenvalue weighted by atomic mass is 10.0. The molecule has 0 bridgehead atoms. The van der Waals surface area contributed by atoms with Gasteiger partial charge in [0, 0.05) is 32.6 Å². The monoisotopic (exact) mass is 657 g/mol. The number of ether oxygens (including phenoxy) is 2. The lowest BCUT2D eigenvalue weighted by Crippen LogP contribution is -2.39. The number of nitrogens with zero attached hydrogens (tertiary/aromatic N) is 1. The number of halogens is 1. The second kappa shape index (κ2) is 14.5. The predicted molar refractivity (Wildman–Crippen MR) is 175 cm³/mol. The summed E-state index contributed by atoms with van der Waals surface area (Å²) in [7, 11) is 0. The number of hydrogen-bond acceptors (Lipinski definition) is 8. The lowest BCUT2D eigenvalue weighted by molar-refractivity contribution is -0.115. The van der Waals surface area contributed by atoms with Crippen LogP contribution in [0.15, 0.2) is 53.4 Å². The maximum atomic E-state index is 13.6. The maximum Gasteiger partial charge on any atom is 0.410 e. The quantitative estimate of drug-likeness (QED) is 0.180. The van der Waals surface area contributed by atoms with Crippen molar-refractivity contribution in [2.45, 2.75) is 69.8 Å². The van der Waals surface area contributed by atoms with Gasteiger partial charge in [-0.15, -0.1) is 23.1 Å². The molecule has 44 heavy (non-hydrogen) atoms. The Morgan fingerprint density at radius 1 is 1.07 bits per heavy atom. The van der Waals surface area contributed by atoms with Gasteiger partial charge in [-0.25, -0.2) is 9.59 Å². The number of anilines is 2. The molecule has 0 saturated carbocycles. The Hall–Kier alpha value is -3.54. The Labute approximate surface area is 270 Å². The highest BCUT2D eigenvalue weighted by Gasteiger charge is 2.33. The molecule has 0 fully saturated rings. The zero-order chi connectivity index (χ0) is 32.0. The zero-order valence-electron chi connectivity index (χ0n) is 25.3. The number of thioether (sulfide) groups is 1. The minimum atomic E-state index is -0.629. The van der Waals surface area contributed by atoms with Gasteiger partial charge >= 0.3 is 12.1 Å². The van der Waals surface area contributed by atoms with Gasteiger partial charge in [0.25, 0.3) is 5.91 Å². The average molecular weight is 658 g/mol. The van der Waals surface area contributed by atoms with E-state index in [4.69, 9.17) is 21.1 Å². The Morgan fingerprint density at radius 3 is 2.50 bits per heavy atom. The Balaban J connectivity index is 1.50. The van der Waals surface area contributed by atoms with Crippen LogP contribution < -0.4 is 10.6 Å². The van der Waals surface area contributed by atoms with E-state index in [2.05, 4.69) is 10.6 Å². The van der Waals surface area contributed by atoms with Crippen LogP contribution in [0.4, 0.5) is 15.5 Å². The Kier molecular flexibility index (Phi) is 11.0. The van der Waals surface area contributed by atoms with Crippen LogP contribution >= 0.6 is 34.7 Å². The van der Waals surface area contributed by atoms with E-state index < -0.39 is 22.9 Å². The largest absolute Gasteiger partial charge is 0.462 e. The van der Waals surface area contributed by atoms with Gasteiger partial charge in [0.15, 0.2) is 0 Å². The van der Waals surface area contributed by atoms with Crippen LogP contribution in [0.5, 0.6) is 0 Å². The van der Waals surface area contributed by atoms with Gasteiger partial charge in [0.05, 0.1) is 24.0 Å². The number of nitrogens with one attached hydrogen (secondary N) is 2. The van der Waals surface area contributed by atoms with Gasteiger partial charge in [-0.05, 0) is 82.5 Å². The van der Waals surface area contributed by atoms with Gasteiger partial charge in [-0.2, -0.15) is 0 Å². The summed E-state index contributed by atoms with van der Waals surface area (Å²) in [6.07, 6.45) is 0.532. The number of rotatable bonds is 9. The predicted octanol–water partition coefficient (Wildman–Crippen LogP) is 7.63. The standard InChI is InChI=1S/C32H36ClN3O6S2/c1-6-24(43-22-13-9-12-21(17-22)34-27(37)19-10-8-11-20(33)16-19)28(38)35-29-26(30(39)41-7-2)23-14-15-36(18-25(23)44-29)31(40)42-32(3,4)5/h8-13,16-17,24H,6-7,14-15,18H2,1-5H3,(H,34,37)(H,35,38). The molecule has 2 N–H and O–H groups in total. The summed E-state index contributed by atoms with van der Waals surface area (Å²) in [6.45, 7) is 9.93. The molecule has 2 aromatic carbocycles. The summed E-state index contributed by atoms with van der Waals surface area (Å²) in [5.41, 5.74) is 1.52. The molecule has 0 spiro atoms. The molecule has 9 nitrogen and oxygen atoms in total. The summed E-state index contributed by atoms with van der Waals surface area (Å²) >= 11 is 8.66. The van der Waals surface area contributed by atoms with Crippen LogP contribution in [0, 0.1) is 0 Å². The number of fused-ring (bicyclic) bond motifs is 1. The van der Waals surface area contributed by atoms with Crippen molar-refractivity contribution in [3.05, 3.63) is 75.1 Å². The fourth-order valence-corrected chi connectivity index (χ4v) is 7.01. The molecular formula is C32H36ClN3O6S2. The van der Waals surface area contributed by atoms with E-state index in [1.54, 1.807) is 42.2 Å². The third-order valence-electron chi connectivity index (χ3n) is 6.55. The fraction of sp³-hybridized carbons (Fsp3) is 0.375. The Morgan fingerprint density at radius 2 is 1.82 bits per heavy atom. The molecule has 0 radical (unpaired) electrons. The van der Waals surface area contributed by atoms with Gasteiger partial charge in [0.2, 0.25) is 5.91 Å². The molecule has 12 heteroatoms. The minimum absolute atomic E-state index is 0.193. The van der Waals surface area contributed by atoms with E-state index in [0.717, 1.165) is 15.3 Å². The third-order valence-corrected chi connectivity index (χ3v) is 9.27. The Bertz CT molecular complexity index is 1550. The number of thiophene rings is 1. The molecule has 3 amide bonds. The smallest absolute Gasteiger partial charge is 0.410 e. The number of carbonyl (C=O) groups is 4. The van der Waals surface area contributed by atoms with Gasteiger partial charge < -0.3 is 25.0 Å². The second-order valence-electron chi connectivity index (χ2n) is 11.1. The van der Waals surface area contributed by atoms with E-state index in [0.29, 0.717) is 46.2 Å². The summed E-state index contributed by atoms with van der Waals surface area (Å²) in [4.78, 5) is 55.2. The third kappa shape index (κ3) is 8.55. The molecule has 1 aliphatic rings. The van der Waals surface area contributed by atoms with Crippen molar-refractivity contribution in [1.29, 1.82) is 0 Å². The molecule has 2 heterocycles. The molecular weight excluding hydrogens is 622 g/mol. The minimum Gasteiger partial charge on any atom is -0.462 e. The van der Waals surface area contributed by atoms with Crippen molar-refractivity contribution in [3.8, 4) is 0 Å². The number of benzene rings is 2. The van der Waals surface area contributed by atoms with E-state index in [-0.39, 0.29) is 25.0 Å². The summed E-state index contributed by atoms with van der Waals surface area (Å²) in [6, 6.07) is 13.9. The van der Waals surface area contributed by atoms with Crippen molar-refractivity contribution < 1.29 is 28.7 Å².